The fraction of sp³-hybridized carbons (Fsp3) is 0.429. The van der Waals surface area contributed by atoms with Gasteiger partial charge in [-0.2, -0.15) is 5.26 Å². The molecule has 7 nitrogen and oxygen atoms in total. The monoisotopic (exact) mass is 285 g/mol. The molecule has 1 aliphatic rings. The normalized spacial score (nSPS) is 15.9. The van der Waals surface area contributed by atoms with Crippen LogP contribution >= 0.6 is 0 Å². The minimum atomic E-state index is -0.510. The summed E-state index contributed by atoms with van der Waals surface area (Å²) in [6.45, 7) is 3.49. The number of pyridine rings is 1. The molecule has 2 aromatic rings. The number of H-pyrrole nitrogens is 1. The Morgan fingerprint density at radius 3 is 2.86 bits per heavy atom. The molecule has 0 spiro atoms. The van der Waals surface area contributed by atoms with Gasteiger partial charge in [0.05, 0.1) is 11.3 Å². The van der Waals surface area contributed by atoms with E-state index in [0.29, 0.717) is 11.5 Å². The zero-order valence-electron chi connectivity index (χ0n) is 11.7. The van der Waals surface area contributed by atoms with Gasteiger partial charge in [-0.15, -0.1) is 5.10 Å². The van der Waals surface area contributed by atoms with E-state index in [4.69, 9.17) is 4.42 Å². The average Bonchev–Trinajstić information content (AvgIpc) is 2.94. The number of nitriles is 1. The second kappa shape index (κ2) is 5.40. The van der Waals surface area contributed by atoms with Gasteiger partial charge in [0, 0.05) is 30.9 Å². The van der Waals surface area contributed by atoms with Crippen molar-refractivity contribution in [3.8, 4) is 6.07 Å². The molecule has 0 aliphatic carbocycles. The first-order valence-corrected chi connectivity index (χ1v) is 6.84. The molecule has 0 amide bonds. The molecule has 1 saturated heterocycles. The number of rotatable bonds is 2. The summed E-state index contributed by atoms with van der Waals surface area (Å²) in [6.07, 6.45) is 3.28. The first-order valence-electron chi connectivity index (χ1n) is 6.84. The molecule has 3 rings (SSSR count). The van der Waals surface area contributed by atoms with Gasteiger partial charge in [0.15, 0.2) is 0 Å². The Bertz CT molecular complexity index is 734. The van der Waals surface area contributed by atoms with Crippen LogP contribution < -0.4 is 10.7 Å². The summed E-state index contributed by atoms with van der Waals surface area (Å²) in [6, 6.07) is 4.12. The molecule has 108 valence electrons. The topological polar surface area (TPSA) is 98.8 Å². The quantitative estimate of drug-likeness (QED) is 0.893. The van der Waals surface area contributed by atoms with E-state index in [0.717, 1.165) is 37.3 Å². The molecule has 1 fully saturated rings. The summed E-state index contributed by atoms with van der Waals surface area (Å²) in [5, 5.41) is 15.4. The number of piperidine rings is 1. The van der Waals surface area contributed by atoms with Crippen molar-refractivity contribution in [2.45, 2.75) is 25.7 Å². The first kappa shape index (κ1) is 13.4. The maximum atomic E-state index is 11.0. The van der Waals surface area contributed by atoms with Crippen molar-refractivity contribution in [1.29, 1.82) is 5.26 Å². The SMILES string of the molecule is Cc1cc(N2CCC(c3n[nH]c(=O)o3)CC2)c(C#N)cn1. The second-order valence-electron chi connectivity index (χ2n) is 5.17. The van der Waals surface area contributed by atoms with Crippen LogP contribution in [0.3, 0.4) is 0 Å². The number of nitrogens with one attached hydrogen (secondary N) is 1. The molecule has 0 saturated carbocycles. The van der Waals surface area contributed by atoms with Crippen LogP contribution in [-0.4, -0.2) is 28.3 Å². The maximum absolute atomic E-state index is 11.0. The highest BCUT2D eigenvalue weighted by atomic mass is 16.4. The fourth-order valence-corrected chi connectivity index (χ4v) is 2.68. The number of anilines is 1. The third kappa shape index (κ3) is 2.65. The van der Waals surface area contributed by atoms with Gasteiger partial charge in [-0.25, -0.2) is 9.89 Å². The molecule has 1 N–H and O–H groups in total. The highest BCUT2D eigenvalue weighted by Crippen LogP contribution is 2.30. The van der Waals surface area contributed by atoms with E-state index in [2.05, 4.69) is 26.2 Å². The molecule has 3 heterocycles. The summed E-state index contributed by atoms with van der Waals surface area (Å²) in [5.41, 5.74) is 2.40. The van der Waals surface area contributed by atoms with E-state index in [-0.39, 0.29) is 5.92 Å². The third-order valence-electron chi connectivity index (χ3n) is 3.78. The smallest absolute Gasteiger partial charge is 0.392 e. The average molecular weight is 285 g/mol. The minimum absolute atomic E-state index is 0.147. The fourth-order valence-electron chi connectivity index (χ4n) is 2.68. The second-order valence-corrected chi connectivity index (χ2v) is 5.17. The molecule has 1 aliphatic heterocycles. The number of aromatic nitrogens is 3. The Morgan fingerprint density at radius 1 is 1.48 bits per heavy atom. The van der Waals surface area contributed by atoms with Gasteiger partial charge < -0.3 is 9.32 Å². The summed E-state index contributed by atoms with van der Waals surface area (Å²) in [7, 11) is 0. The van der Waals surface area contributed by atoms with Crippen molar-refractivity contribution in [2.75, 3.05) is 18.0 Å². The summed E-state index contributed by atoms with van der Waals surface area (Å²) >= 11 is 0. The predicted octanol–water partition coefficient (Wildman–Crippen LogP) is 1.32. The van der Waals surface area contributed by atoms with Crippen LogP contribution in [-0.2, 0) is 0 Å². The zero-order valence-corrected chi connectivity index (χ0v) is 11.7. The van der Waals surface area contributed by atoms with Crippen molar-refractivity contribution >= 4 is 5.69 Å². The number of aromatic amines is 1. The third-order valence-corrected chi connectivity index (χ3v) is 3.78. The number of aryl methyl sites for hydroxylation is 1. The van der Waals surface area contributed by atoms with Gasteiger partial charge in [0.1, 0.15) is 6.07 Å². The van der Waals surface area contributed by atoms with Gasteiger partial charge >= 0.3 is 5.76 Å². The van der Waals surface area contributed by atoms with Crippen LogP contribution in [0.1, 0.15) is 35.9 Å². The lowest BCUT2D eigenvalue weighted by molar-refractivity contribution is 0.379. The Labute approximate surface area is 121 Å². The Morgan fingerprint density at radius 2 is 2.24 bits per heavy atom. The molecule has 0 radical (unpaired) electrons. The molecular formula is C14H15N5O2. The van der Waals surface area contributed by atoms with E-state index in [9.17, 15) is 10.1 Å². The molecule has 21 heavy (non-hydrogen) atoms. The minimum Gasteiger partial charge on any atom is -0.392 e. The van der Waals surface area contributed by atoms with Crippen LogP contribution in [0, 0.1) is 18.3 Å². The van der Waals surface area contributed by atoms with Gasteiger partial charge in [-0.3, -0.25) is 4.98 Å². The van der Waals surface area contributed by atoms with Gasteiger partial charge in [-0.05, 0) is 25.8 Å². The lowest BCUT2D eigenvalue weighted by Crippen LogP contribution is -2.33. The summed E-state index contributed by atoms with van der Waals surface area (Å²) < 4.78 is 5.02. The molecule has 0 bridgehead atoms. The maximum Gasteiger partial charge on any atom is 0.434 e. The largest absolute Gasteiger partial charge is 0.434 e. The lowest BCUT2D eigenvalue weighted by Gasteiger charge is -2.32. The standard InChI is InChI=1S/C14H15N5O2/c1-9-6-12(11(7-15)8-16-9)19-4-2-10(3-5-19)13-17-18-14(20)21-13/h6,8,10H,2-5H2,1H3,(H,18,20). The van der Waals surface area contributed by atoms with Crippen LogP contribution in [0.4, 0.5) is 5.69 Å². The number of hydrogen-bond donors (Lipinski definition) is 1. The summed E-state index contributed by atoms with van der Waals surface area (Å²) in [5.74, 6) is 0.115. The Hall–Kier alpha value is -2.62. The van der Waals surface area contributed by atoms with E-state index < -0.39 is 5.76 Å². The lowest BCUT2D eigenvalue weighted by atomic mass is 9.96. The van der Waals surface area contributed by atoms with E-state index in [1.807, 2.05) is 13.0 Å². The van der Waals surface area contributed by atoms with Gasteiger partial charge in [0.2, 0.25) is 5.89 Å². The van der Waals surface area contributed by atoms with Crippen LogP contribution in [0.2, 0.25) is 0 Å². The summed E-state index contributed by atoms with van der Waals surface area (Å²) in [4.78, 5) is 17.3. The molecule has 0 unspecified atom stereocenters. The first-order chi connectivity index (χ1) is 10.2. The van der Waals surface area contributed by atoms with E-state index in [1.165, 1.54) is 0 Å². The van der Waals surface area contributed by atoms with Gasteiger partial charge in [0.25, 0.3) is 0 Å². The van der Waals surface area contributed by atoms with Gasteiger partial charge in [-0.1, -0.05) is 0 Å². The zero-order chi connectivity index (χ0) is 14.8. The number of nitrogens with zero attached hydrogens (tertiary/aromatic N) is 4. The highest BCUT2D eigenvalue weighted by Gasteiger charge is 2.25. The van der Waals surface area contributed by atoms with Crippen molar-refractivity contribution in [1.82, 2.24) is 15.2 Å². The van der Waals surface area contributed by atoms with Crippen molar-refractivity contribution in [2.24, 2.45) is 0 Å². The van der Waals surface area contributed by atoms with Crippen LogP contribution in [0.5, 0.6) is 0 Å². The Balaban J connectivity index is 1.76. The highest BCUT2D eigenvalue weighted by molar-refractivity contribution is 5.59. The van der Waals surface area contributed by atoms with Crippen LogP contribution in [0.25, 0.3) is 0 Å². The van der Waals surface area contributed by atoms with Crippen molar-refractivity contribution in [3.05, 3.63) is 40.0 Å². The molecule has 0 aromatic carbocycles. The van der Waals surface area contributed by atoms with E-state index >= 15 is 0 Å². The van der Waals surface area contributed by atoms with Crippen molar-refractivity contribution < 1.29 is 4.42 Å². The molecule has 0 atom stereocenters. The van der Waals surface area contributed by atoms with Crippen LogP contribution in [0.15, 0.2) is 21.5 Å². The predicted molar refractivity (Wildman–Crippen MR) is 75.0 cm³/mol. The molecule has 2 aromatic heterocycles. The van der Waals surface area contributed by atoms with Crippen molar-refractivity contribution in [3.63, 3.8) is 0 Å². The molecular weight excluding hydrogens is 270 g/mol. The van der Waals surface area contributed by atoms with E-state index in [1.54, 1.807) is 6.20 Å². The number of hydrogen-bond acceptors (Lipinski definition) is 6. The Kier molecular flexibility index (Phi) is 3.44. The molecule has 7 heteroatoms.